The smallest absolute Gasteiger partial charge is 0.143 e. The van der Waals surface area contributed by atoms with Gasteiger partial charge < -0.3 is 23.4 Å². The van der Waals surface area contributed by atoms with E-state index in [1.54, 1.807) is 0 Å². The molecule has 0 amide bonds. The molecule has 5 nitrogen and oxygen atoms in total. The Hall–Kier alpha value is -3.54. The number of fused-ring (bicyclic) bond motifs is 6. The molecule has 2 aliphatic heterocycles. The van der Waals surface area contributed by atoms with Gasteiger partial charge in [-0.1, -0.05) is 30.3 Å². The summed E-state index contributed by atoms with van der Waals surface area (Å²) in [4.78, 5) is 0. The number of benzene rings is 4. The maximum atomic E-state index is 6.45. The van der Waals surface area contributed by atoms with Gasteiger partial charge >= 0.3 is 0 Å². The van der Waals surface area contributed by atoms with E-state index in [1.807, 2.05) is 30.3 Å². The van der Waals surface area contributed by atoms with Crippen LogP contribution in [0.2, 0.25) is 0 Å². The fourth-order valence-electron chi connectivity index (χ4n) is 4.34. The molecule has 3 heterocycles. The van der Waals surface area contributed by atoms with Crippen molar-refractivity contribution in [1.29, 1.82) is 0 Å². The molecule has 0 saturated carbocycles. The molecule has 5 heteroatoms. The first-order chi connectivity index (χ1) is 16.3. The van der Waals surface area contributed by atoms with E-state index in [1.165, 1.54) is 10.8 Å². The second-order valence-corrected chi connectivity index (χ2v) is 8.66. The Labute approximate surface area is 190 Å². The van der Waals surface area contributed by atoms with Gasteiger partial charge in [0.25, 0.3) is 0 Å². The van der Waals surface area contributed by atoms with Crippen molar-refractivity contribution in [3.05, 3.63) is 72.8 Å². The van der Waals surface area contributed by atoms with Crippen LogP contribution in [0.25, 0.3) is 43.8 Å². The topological polar surface area (TPSA) is 56.7 Å². The van der Waals surface area contributed by atoms with Gasteiger partial charge in [-0.05, 0) is 58.6 Å². The third kappa shape index (κ3) is 3.59. The van der Waals surface area contributed by atoms with Crippen LogP contribution in [-0.4, -0.2) is 38.6 Å². The van der Waals surface area contributed by atoms with E-state index in [4.69, 9.17) is 23.4 Å². The molecular formula is C28H22O5. The number of hydrogen-bond donors (Lipinski definition) is 0. The predicted molar refractivity (Wildman–Crippen MR) is 127 cm³/mol. The first-order valence-corrected chi connectivity index (χ1v) is 11.3. The normalized spacial score (nSPS) is 19.3. The van der Waals surface area contributed by atoms with Crippen LogP contribution in [-0.2, 0) is 9.47 Å². The van der Waals surface area contributed by atoms with Crippen molar-refractivity contribution in [3.63, 3.8) is 0 Å². The van der Waals surface area contributed by atoms with Crippen molar-refractivity contribution in [2.75, 3.05) is 26.4 Å². The summed E-state index contributed by atoms with van der Waals surface area (Å²) in [5.41, 5.74) is 1.90. The lowest BCUT2D eigenvalue weighted by molar-refractivity contribution is 0.263. The van der Waals surface area contributed by atoms with Crippen LogP contribution in [0.15, 0.2) is 77.2 Å². The summed E-state index contributed by atoms with van der Waals surface area (Å²) in [6.07, 6.45) is 0.467. The van der Waals surface area contributed by atoms with Gasteiger partial charge in [-0.25, -0.2) is 0 Å². The minimum atomic E-state index is 0.224. The molecule has 2 atom stereocenters. The maximum absolute atomic E-state index is 6.45. The highest BCUT2D eigenvalue weighted by atomic mass is 16.6. The number of ether oxygens (including phenoxy) is 4. The van der Waals surface area contributed by atoms with E-state index < -0.39 is 0 Å². The highest BCUT2D eigenvalue weighted by Crippen LogP contribution is 2.40. The van der Waals surface area contributed by atoms with Crippen molar-refractivity contribution < 1.29 is 23.4 Å². The van der Waals surface area contributed by atoms with Crippen LogP contribution in [0.4, 0.5) is 0 Å². The Balaban J connectivity index is 1.33. The molecule has 164 valence electrons. The van der Waals surface area contributed by atoms with Crippen LogP contribution in [0.5, 0.6) is 11.5 Å². The fourth-order valence-corrected chi connectivity index (χ4v) is 4.34. The van der Waals surface area contributed by atoms with Gasteiger partial charge in [0.2, 0.25) is 0 Å². The summed E-state index contributed by atoms with van der Waals surface area (Å²) < 4.78 is 28.7. The zero-order valence-corrected chi connectivity index (χ0v) is 18.0. The molecule has 33 heavy (non-hydrogen) atoms. The summed E-state index contributed by atoms with van der Waals surface area (Å²) >= 11 is 0. The molecule has 0 bridgehead atoms. The third-order valence-electron chi connectivity index (χ3n) is 6.29. The van der Waals surface area contributed by atoms with Gasteiger partial charge in [-0.15, -0.1) is 0 Å². The minimum Gasteiger partial charge on any atom is -0.491 e. The number of rotatable bonds is 7. The van der Waals surface area contributed by atoms with Gasteiger partial charge in [0.15, 0.2) is 0 Å². The highest BCUT2D eigenvalue weighted by molar-refractivity contribution is 6.24. The van der Waals surface area contributed by atoms with Crippen molar-refractivity contribution in [1.82, 2.24) is 0 Å². The predicted octanol–water partition coefficient (Wildman–Crippen LogP) is 5.96. The first kappa shape index (κ1) is 19.0. The standard InChI is InChI=1S/C28H22O5/c1-2-4-24-22(3-1)23-10-9-19(30-14-21-16-32-21)11-25(23)26-12-27(33-28(24)26)17-5-7-18(8-6-17)29-13-20-15-31-20/h1-12,20-21H,13-16H2. The Bertz CT molecular complexity index is 1480. The fraction of sp³-hybridized carbons (Fsp3) is 0.214. The molecule has 0 aliphatic carbocycles. The lowest BCUT2D eigenvalue weighted by atomic mass is 9.98. The molecule has 4 aromatic carbocycles. The molecule has 2 fully saturated rings. The maximum Gasteiger partial charge on any atom is 0.143 e. The van der Waals surface area contributed by atoms with Crippen LogP contribution in [0.3, 0.4) is 0 Å². The van der Waals surface area contributed by atoms with Crippen LogP contribution in [0.1, 0.15) is 0 Å². The van der Waals surface area contributed by atoms with Crippen LogP contribution < -0.4 is 9.47 Å². The average molecular weight is 438 g/mol. The van der Waals surface area contributed by atoms with Gasteiger partial charge in [0.05, 0.1) is 13.2 Å². The Morgan fingerprint density at radius 3 is 2.00 bits per heavy atom. The monoisotopic (exact) mass is 438 g/mol. The molecule has 2 unspecified atom stereocenters. The van der Waals surface area contributed by atoms with Gasteiger partial charge in [-0.3, -0.25) is 0 Å². The van der Waals surface area contributed by atoms with E-state index in [0.29, 0.717) is 13.2 Å². The summed E-state index contributed by atoms with van der Waals surface area (Å²) in [6, 6.07) is 24.8. The van der Waals surface area contributed by atoms with Crippen molar-refractivity contribution in [2.45, 2.75) is 12.2 Å². The first-order valence-electron chi connectivity index (χ1n) is 11.3. The number of furan rings is 1. The summed E-state index contributed by atoms with van der Waals surface area (Å²) in [5, 5.41) is 5.67. The highest BCUT2D eigenvalue weighted by Gasteiger charge is 2.24. The summed E-state index contributed by atoms with van der Waals surface area (Å²) in [7, 11) is 0. The molecule has 2 aliphatic rings. The lowest BCUT2D eigenvalue weighted by Crippen LogP contribution is -2.03. The second-order valence-electron chi connectivity index (χ2n) is 8.66. The summed E-state index contributed by atoms with van der Waals surface area (Å²) in [5.74, 6) is 2.51. The molecule has 0 N–H and O–H groups in total. The average Bonchev–Trinajstić information content (AvgIpc) is 3.80. The molecule has 1 aromatic heterocycles. The lowest BCUT2D eigenvalue weighted by Gasteiger charge is -2.09. The zero-order valence-electron chi connectivity index (χ0n) is 18.0. The SMILES string of the molecule is c1ccc2c(c1)c1ccc(OCC3CO3)cc1c1cc(-c3ccc(OCC4CO4)cc3)oc21. The van der Waals surface area contributed by atoms with Crippen molar-refractivity contribution in [3.8, 4) is 22.8 Å². The molecule has 0 radical (unpaired) electrons. The molecule has 0 spiro atoms. The summed E-state index contributed by atoms with van der Waals surface area (Å²) in [6.45, 7) is 2.76. The number of hydrogen-bond acceptors (Lipinski definition) is 5. The van der Waals surface area contributed by atoms with Crippen molar-refractivity contribution >= 4 is 32.5 Å². The van der Waals surface area contributed by atoms with E-state index in [0.717, 1.165) is 57.8 Å². The Morgan fingerprint density at radius 2 is 1.27 bits per heavy atom. The number of epoxide rings is 2. The van der Waals surface area contributed by atoms with E-state index in [9.17, 15) is 0 Å². The van der Waals surface area contributed by atoms with Crippen LogP contribution in [0, 0.1) is 0 Å². The second kappa shape index (κ2) is 7.51. The molecular weight excluding hydrogens is 416 g/mol. The minimum absolute atomic E-state index is 0.224. The Kier molecular flexibility index (Phi) is 4.32. The quantitative estimate of drug-likeness (QED) is 0.232. The van der Waals surface area contributed by atoms with Gasteiger partial charge in [0.1, 0.15) is 48.3 Å². The van der Waals surface area contributed by atoms with E-state index in [2.05, 4.69) is 42.5 Å². The molecule has 2 saturated heterocycles. The molecule has 7 rings (SSSR count). The van der Waals surface area contributed by atoms with Crippen LogP contribution >= 0.6 is 0 Å². The zero-order chi connectivity index (χ0) is 21.8. The van der Waals surface area contributed by atoms with Crippen molar-refractivity contribution in [2.24, 2.45) is 0 Å². The molecule has 5 aromatic rings. The largest absolute Gasteiger partial charge is 0.491 e. The Morgan fingerprint density at radius 1 is 0.636 bits per heavy atom. The van der Waals surface area contributed by atoms with E-state index >= 15 is 0 Å². The third-order valence-corrected chi connectivity index (χ3v) is 6.29. The van der Waals surface area contributed by atoms with Gasteiger partial charge in [0, 0.05) is 16.3 Å². The van der Waals surface area contributed by atoms with Gasteiger partial charge in [-0.2, -0.15) is 0 Å². The van der Waals surface area contributed by atoms with E-state index in [-0.39, 0.29) is 12.2 Å².